The van der Waals surface area contributed by atoms with Crippen molar-refractivity contribution in [3.05, 3.63) is 215 Å². The van der Waals surface area contributed by atoms with Crippen LogP contribution in [0.25, 0.3) is 0 Å². The molecule has 0 bridgehead atoms. The van der Waals surface area contributed by atoms with Gasteiger partial charge in [-0.1, -0.05) is 215 Å². The second-order valence-electron chi connectivity index (χ2n) is 12.5. The lowest BCUT2D eigenvalue weighted by molar-refractivity contribution is 1.09. The summed E-state index contributed by atoms with van der Waals surface area (Å²) in [6.07, 6.45) is 0. The van der Waals surface area contributed by atoms with Gasteiger partial charge in [-0.3, -0.25) is 0 Å². The van der Waals surface area contributed by atoms with Crippen LogP contribution in [0.3, 0.4) is 0 Å². The van der Waals surface area contributed by atoms with Crippen molar-refractivity contribution >= 4 is 15.2 Å². The summed E-state index contributed by atoms with van der Waals surface area (Å²) in [4.78, 5) is 0. The largest absolute Gasteiger partial charge is 0.0622 e. The monoisotopic (exact) mass is 602 g/mol. The molecule has 0 saturated carbocycles. The third-order valence-electron chi connectivity index (χ3n) is 9.44. The fourth-order valence-corrected chi connectivity index (χ4v) is 26.9. The average Bonchev–Trinajstić information content (AvgIpc) is 3.07. The summed E-state index contributed by atoms with van der Waals surface area (Å²) in [5.74, 6) is 0. The van der Waals surface area contributed by atoms with Gasteiger partial charge in [-0.25, -0.2) is 0 Å². The van der Waals surface area contributed by atoms with Crippen LogP contribution in [0.5, 0.6) is 0 Å². The molecule has 218 valence electrons. The molecule has 0 unspecified atom stereocenters. The maximum Gasteiger partial charge on any atom is 0.0617 e. The summed E-state index contributed by atoms with van der Waals surface area (Å²) in [6.45, 7) is 0. The molecule has 0 amide bonds. The molecular formula is C42H42Si2. The first kappa shape index (κ1) is 29.8. The van der Waals surface area contributed by atoms with E-state index in [0.717, 1.165) is 0 Å². The van der Waals surface area contributed by atoms with Crippen LogP contribution in [-0.2, 0) is 36.3 Å². The van der Waals surface area contributed by atoms with Gasteiger partial charge in [0.05, 0.1) is 15.2 Å². The third kappa shape index (κ3) is 7.45. The topological polar surface area (TPSA) is 0 Å². The summed E-state index contributed by atoms with van der Waals surface area (Å²) in [6, 6.07) is 75.8. The van der Waals surface area contributed by atoms with Crippen molar-refractivity contribution < 1.29 is 0 Å². The lowest BCUT2D eigenvalue weighted by atomic mass is 10.2. The van der Waals surface area contributed by atoms with Crippen LogP contribution in [0.2, 0.25) is 0 Å². The predicted molar refractivity (Wildman–Crippen MR) is 192 cm³/mol. The van der Waals surface area contributed by atoms with Gasteiger partial charge in [0.2, 0.25) is 0 Å². The van der Waals surface area contributed by atoms with Crippen molar-refractivity contribution in [2.45, 2.75) is 36.3 Å². The highest BCUT2D eigenvalue weighted by atomic mass is 29.3. The average molecular weight is 603 g/mol. The summed E-state index contributed by atoms with van der Waals surface area (Å²) in [5.41, 5.74) is 8.98. The van der Waals surface area contributed by atoms with Gasteiger partial charge in [0, 0.05) is 0 Å². The Morgan fingerprint density at radius 1 is 0.205 bits per heavy atom. The quantitative estimate of drug-likeness (QED) is 0.115. The van der Waals surface area contributed by atoms with E-state index in [2.05, 4.69) is 182 Å². The molecule has 0 aromatic heterocycles. The van der Waals surface area contributed by atoms with E-state index >= 15 is 0 Å². The lowest BCUT2D eigenvalue weighted by Crippen LogP contribution is -2.72. The molecule has 0 spiro atoms. The highest BCUT2D eigenvalue weighted by molar-refractivity contribution is 7.41. The molecule has 0 fully saturated rings. The Kier molecular flexibility index (Phi) is 9.81. The molecule has 44 heavy (non-hydrogen) atoms. The van der Waals surface area contributed by atoms with Crippen molar-refractivity contribution in [1.29, 1.82) is 0 Å². The van der Waals surface area contributed by atoms with Gasteiger partial charge in [0.15, 0.2) is 0 Å². The van der Waals surface area contributed by atoms with Gasteiger partial charge in [-0.15, -0.1) is 0 Å². The smallest absolute Gasteiger partial charge is 0.0617 e. The summed E-state index contributed by atoms with van der Waals surface area (Å²) < 4.78 is 0. The summed E-state index contributed by atoms with van der Waals surface area (Å²) in [5, 5.41) is 0. The first-order chi connectivity index (χ1) is 21.7. The van der Waals surface area contributed by atoms with Crippen LogP contribution in [0.1, 0.15) is 33.4 Å². The molecule has 0 nitrogen and oxygen atoms in total. The van der Waals surface area contributed by atoms with Crippen molar-refractivity contribution in [1.82, 2.24) is 0 Å². The van der Waals surface area contributed by atoms with E-state index in [1.807, 2.05) is 0 Å². The Balaban J connectivity index is 1.64. The first-order valence-electron chi connectivity index (χ1n) is 16.0. The van der Waals surface area contributed by atoms with Gasteiger partial charge in [-0.05, 0) is 36.3 Å². The normalized spacial score (nSPS) is 11.7. The second-order valence-corrected chi connectivity index (χ2v) is 26.1. The van der Waals surface area contributed by atoms with E-state index in [0.29, 0.717) is 0 Å². The molecule has 6 rings (SSSR count). The van der Waals surface area contributed by atoms with E-state index in [1.54, 1.807) is 0 Å². The van der Waals surface area contributed by atoms with Crippen LogP contribution < -0.4 is 0 Å². The number of rotatable bonds is 13. The zero-order valence-corrected chi connectivity index (χ0v) is 27.6. The number of benzene rings is 6. The fraction of sp³-hybridized carbons (Fsp3) is 0.143. The Morgan fingerprint density at radius 2 is 0.341 bits per heavy atom. The first-order valence-corrected chi connectivity index (χ1v) is 22.2. The molecule has 0 aliphatic carbocycles. The second kappa shape index (κ2) is 14.5. The number of hydrogen-bond donors (Lipinski definition) is 0. The Hall–Kier alpha value is -4.25. The fourth-order valence-electron chi connectivity index (χ4n) is 7.42. The summed E-state index contributed by atoms with van der Waals surface area (Å²) >= 11 is 0. The van der Waals surface area contributed by atoms with Gasteiger partial charge < -0.3 is 0 Å². The van der Waals surface area contributed by atoms with E-state index < -0.39 is 15.2 Å². The molecule has 0 atom stereocenters. The van der Waals surface area contributed by atoms with Crippen LogP contribution in [-0.4, -0.2) is 15.2 Å². The van der Waals surface area contributed by atoms with Gasteiger partial charge >= 0.3 is 0 Å². The molecule has 0 heterocycles. The van der Waals surface area contributed by atoms with Crippen molar-refractivity contribution in [3.63, 3.8) is 0 Å². The molecule has 6 aromatic rings. The summed E-state index contributed by atoms with van der Waals surface area (Å²) in [7, 11) is -4.41. The Labute approximate surface area is 265 Å². The van der Waals surface area contributed by atoms with Crippen LogP contribution in [0.4, 0.5) is 0 Å². The zero-order chi connectivity index (χ0) is 29.9. The molecule has 0 N–H and O–H groups in total. The number of hydrogen-bond acceptors (Lipinski definition) is 0. The Morgan fingerprint density at radius 3 is 0.477 bits per heavy atom. The van der Waals surface area contributed by atoms with E-state index in [1.165, 1.54) is 69.6 Å². The highest BCUT2D eigenvalue weighted by Crippen LogP contribution is 2.38. The van der Waals surface area contributed by atoms with Crippen LogP contribution in [0, 0.1) is 0 Å². The van der Waals surface area contributed by atoms with E-state index in [9.17, 15) is 0 Å². The molecule has 0 radical (unpaired) electrons. The molecule has 2 heteroatoms. The molecule has 0 saturated heterocycles. The predicted octanol–water partition coefficient (Wildman–Crippen LogP) is 9.65. The highest BCUT2D eigenvalue weighted by Gasteiger charge is 2.54. The molecule has 0 aliphatic heterocycles. The lowest BCUT2D eigenvalue weighted by Gasteiger charge is -2.50. The molecule has 0 aliphatic rings. The SMILES string of the molecule is c1ccc(C[Si](Cc2ccccc2)(Cc2ccccc2)[Si](Cc2ccccc2)(Cc2ccccc2)Cc2ccccc2)cc1. The van der Waals surface area contributed by atoms with Crippen LogP contribution >= 0.6 is 0 Å². The minimum Gasteiger partial charge on any atom is -0.0622 e. The minimum atomic E-state index is -2.21. The maximum absolute atomic E-state index is 2.39. The van der Waals surface area contributed by atoms with E-state index in [4.69, 9.17) is 0 Å². The molecular weight excluding hydrogens is 561 g/mol. The Bertz CT molecular complexity index is 1340. The minimum absolute atomic E-state index is 1.19. The van der Waals surface area contributed by atoms with E-state index in [-0.39, 0.29) is 0 Å². The van der Waals surface area contributed by atoms with Gasteiger partial charge in [-0.2, -0.15) is 0 Å². The zero-order valence-electron chi connectivity index (χ0n) is 25.6. The van der Waals surface area contributed by atoms with Crippen molar-refractivity contribution in [3.8, 4) is 0 Å². The van der Waals surface area contributed by atoms with Gasteiger partial charge in [0.1, 0.15) is 0 Å². The standard InChI is InChI=1S/C42H42Si2/c1-7-19-37(20-8-1)31-43(32-38-21-9-2-10-22-38,33-39-23-11-3-12-24-39)44(34-40-25-13-4-14-26-40,35-41-27-15-5-16-28-41)36-42-29-17-6-18-30-42/h1-30H,31-36H2. The van der Waals surface area contributed by atoms with Crippen molar-refractivity contribution in [2.24, 2.45) is 0 Å². The third-order valence-corrected chi connectivity index (χ3v) is 28.1. The van der Waals surface area contributed by atoms with Crippen molar-refractivity contribution in [2.75, 3.05) is 0 Å². The van der Waals surface area contributed by atoms with Gasteiger partial charge in [0.25, 0.3) is 0 Å². The maximum atomic E-state index is 2.39. The molecule has 6 aromatic carbocycles. The van der Waals surface area contributed by atoms with Crippen LogP contribution in [0.15, 0.2) is 182 Å².